The van der Waals surface area contributed by atoms with Crippen LogP contribution in [0.15, 0.2) is 41.8 Å². The predicted octanol–water partition coefficient (Wildman–Crippen LogP) is 5.79. The fourth-order valence-corrected chi connectivity index (χ4v) is 7.71. The molecule has 0 unspecified atom stereocenters. The molecule has 3 aromatic rings. The first-order chi connectivity index (χ1) is 28.2. The number of likely N-dealkylation sites (N-methyl/N-ethyl adjacent to an activating group) is 1. The number of hydrogen-bond acceptors (Lipinski definition) is 10. The molecule has 0 atom stereocenters. The number of fused-ring (bicyclic) bond motifs is 1. The van der Waals surface area contributed by atoms with Gasteiger partial charge in [0.25, 0.3) is 5.91 Å². The van der Waals surface area contributed by atoms with E-state index in [-0.39, 0.29) is 49.4 Å². The van der Waals surface area contributed by atoms with E-state index in [1.54, 1.807) is 23.2 Å². The minimum Gasteiger partial charge on any atom is -0.450 e. The summed E-state index contributed by atoms with van der Waals surface area (Å²) in [5.41, 5.74) is 3.37. The van der Waals surface area contributed by atoms with Crippen molar-refractivity contribution in [3.63, 3.8) is 0 Å². The number of benzene rings is 1. The number of amides is 5. The number of hydrogen-bond donors (Lipinski definition) is 4. The van der Waals surface area contributed by atoms with E-state index < -0.39 is 12.2 Å². The number of carbonyl (C=O) groups excluding carboxylic acids is 5. The Labute approximate surface area is 345 Å². The van der Waals surface area contributed by atoms with Gasteiger partial charge in [-0.3, -0.25) is 14.4 Å². The second kappa shape index (κ2) is 25.6. The first-order valence-electron chi connectivity index (χ1n) is 20.7. The lowest BCUT2D eigenvalue weighted by molar-refractivity contribution is -0.126. The van der Waals surface area contributed by atoms with Gasteiger partial charge in [0.2, 0.25) is 11.8 Å². The number of aromatic nitrogens is 1. The van der Waals surface area contributed by atoms with Crippen LogP contribution in [0, 0.1) is 5.92 Å². The zero-order valence-corrected chi connectivity index (χ0v) is 35.1. The molecule has 4 rings (SSSR count). The number of alkyl carbamates (subject to hydrolysis) is 2. The summed E-state index contributed by atoms with van der Waals surface area (Å²) in [6.45, 7) is 9.60. The summed E-state index contributed by atoms with van der Waals surface area (Å²) < 4.78 is 23.3. The van der Waals surface area contributed by atoms with Crippen LogP contribution in [-0.2, 0) is 41.5 Å². The number of anilines is 1. The summed E-state index contributed by atoms with van der Waals surface area (Å²) in [6, 6.07) is 11.8. The van der Waals surface area contributed by atoms with Gasteiger partial charge in [-0.2, -0.15) is 0 Å². The Hall–Kier alpha value is -4.67. The molecule has 0 aliphatic heterocycles. The molecule has 1 fully saturated rings. The zero-order valence-electron chi connectivity index (χ0n) is 34.3. The van der Waals surface area contributed by atoms with E-state index in [1.807, 2.05) is 47.2 Å². The number of ether oxygens (including phenoxy) is 4. The highest BCUT2D eigenvalue weighted by atomic mass is 32.1. The van der Waals surface area contributed by atoms with Crippen LogP contribution in [0.4, 0.5) is 15.3 Å². The second-order valence-electron chi connectivity index (χ2n) is 14.1. The number of thiophene rings is 1. The van der Waals surface area contributed by atoms with Crippen molar-refractivity contribution < 1.29 is 42.9 Å². The normalized spacial score (nSPS) is 15.1. The quantitative estimate of drug-likeness (QED) is 0.0770. The van der Waals surface area contributed by atoms with Crippen molar-refractivity contribution >= 4 is 57.1 Å². The van der Waals surface area contributed by atoms with Gasteiger partial charge in [-0.1, -0.05) is 31.9 Å². The second-order valence-corrected chi connectivity index (χ2v) is 15.1. The molecule has 4 N–H and O–H groups in total. The highest BCUT2D eigenvalue weighted by Gasteiger charge is 2.29. The van der Waals surface area contributed by atoms with Crippen LogP contribution < -0.4 is 26.2 Å². The first-order valence-corrected chi connectivity index (χ1v) is 21.6. The Bertz CT molecular complexity index is 1740. The lowest BCUT2D eigenvalue weighted by Crippen LogP contribution is -2.42. The lowest BCUT2D eigenvalue weighted by atomic mass is 9.85. The third-order valence-electron chi connectivity index (χ3n) is 10.0. The molecule has 1 aliphatic carbocycles. The fraction of sp³-hybridized carbons (Fsp3) is 0.595. The van der Waals surface area contributed by atoms with Crippen LogP contribution in [0.3, 0.4) is 0 Å². The van der Waals surface area contributed by atoms with E-state index >= 15 is 0 Å². The lowest BCUT2D eigenvalue weighted by Gasteiger charge is -2.28. The smallest absolute Gasteiger partial charge is 0.407 e. The Morgan fingerprint density at radius 1 is 0.776 bits per heavy atom. The number of nitrogens with one attached hydrogen (secondary N) is 4. The van der Waals surface area contributed by atoms with Crippen LogP contribution in [0.1, 0.15) is 88.2 Å². The van der Waals surface area contributed by atoms with Crippen molar-refractivity contribution in [1.82, 2.24) is 25.8 Å². The molecule has 0 bridgehead atoms. The van der Waals surface area contributed by atoms with Crippen molar-refractivity contribution in [3.05, 3.63) is 53.0 Å². The predicted molar refractivity (Wildman–Crippen MR) is 224 cm³/mol. The van der Waals surface area contributed by atoms with Crippen LogP contribution in [0.5, 0.6) is 0 Å². The SMILES string of the molecule is CCOC(=O)NCCOCCOCCOC(=O)NCCCCCCNC(=O)[C@H]1CC[C@H](NC(=O)c2cc3sccc3n2CC(=O)N(CC)c2cccc(CC)c2)CC1. The summed E-state index contributed by atoms with van der Waals surface area (Å²) >= 11 is 1.55. The standard InChI is InChI=1S/C42H62N6O9S/c1-4-31-12-11-13-34(28-31)47(5-2)38(49)30-48-35-18-27-58-37(35)29-36(48)40(51)46-33-16-14-32(15-17-33)39(50)43-19-9-7-8-10-20-44-42(53)57-26-25-55-24-23-54-22-21-45-41(52)56-6-3/h11-13,18,27-29,32-33H,4-10,14-17,19-26,30H2,1-3H3,(H,43,50)(H,44,53)(H,45,52)(H,46,51)/t32-,33-. The maximum Gasteiger partial charge on any atom is 0.407 e. The summed E-state index contributed by atoms with van der Waals surface area (Å²) in [6.07, 6.45) is 6.26. The minimum atomic E-state index is -0.485. The number of unbranched alkanes of at least 4 members (excludes halogenated alkanes) is 3. The molecule has 2 heterocycles. The van der Waals surface area contributed by atoms with Crippen LogP contribution >= 0.6 is 11.3 Å². The van der Waals surface area contributed by atoms with Gasteiger partial charge in [0, 0.05) is 43.8 Å². The molecule has 0 spiro atoms. The molecule has 0 radical (unpaired) electrons. The number of nitrogens with zero attached hydrogens (tertiary/aromatic N) is 2. The Morgan fingerprint density at radius 2 is 1.47 bits per heavy atom. The molecular formula is C42H62N6O9S. The van der Waals surface area contributed by atoms with Crippen LogP contribution in [-0.4, -0.2) is 106 Å². The van der Waals surface area contributed by atoms with Gasteiger partial charge in [0.1, 0.15) is 18.8 Å². The van der Waals surface area contributed by atoms with Crippen LogP contribution in [0.2, 0.25) is 0 Å². The Balaban J connectivity index is 1.04. The molecular weight excluding hydrogens is 765 g/mol. The third kappa shape index (κ3) is 15.3. The molecule has 16 heteroatoms. The molecule has 320 valence electrons. The van der Waals surface area contributed by atoms with Gasteiger partial charge in [-0.05, 0) is 94.0 Å². The first kappa shape index (κ1) is 46.0. The molecule has 15 nitrogen and oxygen atoms in total. The maximum absolute atomic E-state index is 13.7. The summed E-state index contributed by atoms with van der Waals surface area (Å²) in [7, 11) is 0. The van der Waals surface area contributed by atoms with E-state index in [2.05, 4.69) is 34.3 Å². The van der Waals surface area contributed by atoms with Crippen molar-refractivity contribution in [1.29, 1.82) is 0 Å². The van der Waals surface area contributed by atoms with Crippen molar-refractivity contribution in [2.24, 2.45) is 5.92 Å². The summed E-state index contributed by atoms with van der Waals surface area (Å²) in [5, 5.41) is 13.5. The van der Waals surface area contributed by atoms with E-state index in [0.29, 0.717) is 84.0 Å². The van der Waals surface area contributed by atoms with Crippen molar-refractivity contribution in [2.75, 3.05) is 70.7 Å². The Morgan fingerprint density at radius 3 is 2.19 bits per heavy atom. The highest BCUT2D eigenvalue weighted by molar-refractivity contribution is 7.17. The van der Waals surface area contributed by atoms with Gasteiger partial charge in [0.15, 0.2) is 0 Å². The van der Waals surface area contributed by atoms with Gasteiger partial charge in [-0.25, -0.2) is 9.59 Å². The van der Waals surface area contributed by atoms with E-state index in [1.165, 1.54) is 0 Å². The topological polar surface area (TPSA) is 179 Å². The summed E-state index contributed by atoms with van der Waals surface area (Å²) in [4.78, 5) is 65.0. The molecule has 1 aliphatic rings. The highest BCUT2D eigenvalue weighted by Crippen LogP contribution is 2.28. The zero-order chi connectivity index (χ0) is 41.5. The monoisotopic (exact) mass is 826 g/mol. The molecule has 58 heavy (non-hydrogen) atoms. The van der Waals surface area contributed by atoms with Crippen LogP contribution in [0.25, 0.3) is 10.2 Å². The van der Waals surface area contributed by atoms with E-state index in [4.69, 9.17) is 18.9 Å². The molecule has 0 saturated heterocycles. The van der Waals surface area contributed by atoms with Gasteiger partial charge in [0.05, 0.1) is 43.3 Å². The third-order valence-corrected chi connectivity index (χ3v) is 10.9. The maximum atomic E-state index is 13.7. The molecule has 1 saturated carbocycles. The number of aryl methyl sites for hydroxylation is 1. The largest absolute Gasteiger partial charge is 0.450 e. The van der Waals surface area contributed by atoms with E-state index in [0.717, 1.165) is 53.6 Å². The average molecular weight is 827 g/mol. The molecule has 5 amide bonds. The molecule has 1 aromatic carbocycles. The van der Waals surface area contributed by atoms with E-state index in [9.17, 15) is 24.0 Å². The number of rotatable bonds is 25. The van der Waals surface area contributed by atoms with Gasteiger partial charge >= 0.3 is 12.2 Å². The molecule has 2 aromatic heterocycles. The summed E-state index contributed by atoms with van der Waals surface area (Å²) in [5.74, 6) is -0.290. The van der Waals surface area contributed by atoms with Crippen molar-refractivity contribution in [2.45, 2.75) is 91.1 Å². The van der Waals surface area contributed by atoms with Gasteiger partial charge < -0.3 is 49.7 Å². The Kier molecular flexibility index (Phi) is 20.3. The van der Waals surface area contributed by atoms with Gasteiger partial charge in [-0.15, -0.1) is 11.3 Å². The minimum absolute atomic E-state index is 0.0398. The van der Waals surface area contributed by atoms with Crippen molar-refractivity contribution in [3.8, 4) is 0 Å². The fourth-order valence-electron chi connectivity index (χ4n) is 6.89. The average Bonchev–Trinajstić information content (AvgIpc) is 3.83. The number of carbonyl (C=O) groups is 5.